The molecule has 0 aromatic heterocycles. The summed E-state index contributed by atoms with van der Waals surface area (Å²) in [5.41, 5.74) is 0. The Bertz CT molecular complexity index is 497. The average molecular weight is 362 g/mol. The summed E-state index contributed by atoms with van der Waals surface area (Å²) < 4.78 is 21.3. The first-order chi connectivity index (χ1) is 12.8. The fourth-order valence-electron chi connectivity index (χ4n) is 5.05. The predicted molar refractivity (Wildman–Crippen MR) is 96.6 cm³/mol. The molecule has 2 fully saturated rings. The van der Waals surface area contributed by atoms with Gasteiger partial charge >= 0.3 is 6.16 Å². The minimum atomic E-state index is -0.636. The molecule has 4 unspecified atom stereocenters. The van der Waals surface area contributed by atoms with Crippen LogP contribution in [0.1, 0.15) is 25.7 Å². The molecular formula is C21H30O5. The molecule has 26 heavy (non-hydrogen) atoms. The van der Waals surface area contributed by atoms with Gasteiger partial charge in [-0.05, 0) is 61.2 Å². The maximum Gasteiger partial charge on any atom is 0.508 e. The maximum atomic E-state index is 11.5. The Labute approximate surface area is 155 Å². The van der Waals surface area contributed by atoms with Crippen LogP contribution in [-0.2, 0) is 18.9 Å². The second-order valence-electron chi connectivity index (χ2n) is 8.18. The van der Waals surface area contributed by atoms with E-state index in [1.165, 1.54) is 25.7 Å². The molecule has 5 nitrogen and oxygen atoms in total. The van der Waals surface area contributed by atoms with Gasteiger partial charge in [-0.15, -0.1) is 0 Å². The van der Waals surface area contributed by atoms with Crippen LogP contribution in [0.5, 0.6) is 0 Å². The third-order valence-electron chi connectivity index (χ3n) is 6.39. The third-order valence-corrected chi connectivity index (χ3v) is 6.39. The van der Waals surface area contributed by atoms with E-state index in [-0.39, 0.29) is 13.2 Å². The second-order valence-corrected chi connectivity index (χ2v) is 8.18. The molecule has 0 aromatic carbocycles. The standard InChI is InChI=1S/C21H30O5/c22-21(25-7-5-23-13-19-11-15-1-3-17(19)9-15)26-8-6-24-14-20-12-16-2-4-18(20)10-16/h1-4,15-20H,5-14H2/t15-,16?,17?,18?,19?,20+/m0/s1. The summed E-state index contributed by atoms with van der Waals surface area (Å²) in [5.74, 6) is 4.20. The van der Waals surface area contributed by atoms with Gasteiger partial charge in [-0.1, -0.05) is 24.3 Å². The fourth-order valence-corrected chi connectivity index (χ4v) is 5.05. The third kappa shape index (κ3) is 4.49. The van der Waals surface area contributed by atoms with Crippen LogP contribution in [0.3, 0.4) is 0 Å². The summed E-state index contributed by atoms with van der Waals surface area (Å²) in [4.78, 5) is 11.5. The van der Waals surface area contributed by atoms with Crippen LogP contribution in [0, 0.1) is 35.5 Å². The Morgan fingerprint density at radius 3 is 1.58 bits per heavy atom. The lowest BCUT2D eigenvalue weighted by Crippen LogP contribution is -2.19. The van der Waals surface area contributed by atoms with Crippen LogP contribution in [0.2, 0.25) is 0 Å². The van der Waals surface area contributed by atoms with Crippen LogP contribution in [0.25, 0.3) is 0 Å². The van der Waals surface area contributed by atoms with Crippen molar-refractivity contribution in [2.75, 3.05) is 39.6 Å². The van der Waals surface area contributed by atoms with E-state index >= 15 is 0 Å². The molecule has 4 rings (SSSR count). The molecule has 4 aliphatic carbocycles. The van der Waals surface area contributed by atoms with E-state index in [1.54, 1.807) is 0 Å². The van der Waals surface area contributed by atoms with Crippen LogP contribution in [0.4, 0.5) is 4.79 Å². The zero-order valence-electron chi connectivity index (χ0n) is 15.4. The quantitative estimate of drug-likeness (QED) is 0.338. The summed E-state index contributed by atoms with van der Waals surface area (Å²) in [5, 5.41) is 0. The van der Waals surface area contributed by atoms with E-state index in [9.17, 15) is 4.79 Å². The van der Waals surface area contributed by atoms with Crippen molar-refractivity contribution in [3.05, 3.63) is 24.3 Å². The van der Waals surface area contributed by atoms with Gasteiger partial charge in [0.05, 0.1) is 26.4 Å². The molecule has 0 N–H and O–H groups in total. The first-order valence-electron chi connectivity index (χ1n) is 10.1. The second kappa shape index (κ2) is 8.57. The lowest BCUT2D eigenvalue weighted by Gasteiger charge is -2.18. The summed E-state index contributed by atoms with van der Waals surface area (Å²) in [6.07, 6.45) is 13.7. The van der Waals surface area contributed by atoms with Crippen molar-refractivity contribution in [3.63, 3.8) is 0 Å². The Hall–Kier alpha value is -1.33. The van der Waals surface area contributed by atoms with Gasteiger partial charge in [-0.25, -0.2) is 4.79 Å². The summed E-state index contributed by atoms with van der Waals surface area (Å²) in [6, 6.07) is 0. The average Bonchev–Trinajstić information content (AvgIpc) is 3.42. The molecule has 0 saturated heterocycles. The summed E-state index contributed by atoms with van der Waals surface area (Å²) in [6.45, 7) is 2.87. The van der Waals surface area contributed by atoms with Gasteiger partial charge in [0.1, 0.15) is 13.2 Å². The highest BCUT2D eigenvalue weighted by Crippen LogP contribution is 2.44. The molecule has 144 valence electrons. The molecule has 0 aliphatic heterocycles. The predicted octanol–water partition coefficient (Wildman–Crippen LogP) is 3.60. The summed E-state index contributed by atoms with van der Waals surface area (Å²) >= 11 is 0. The van der Waals surface area contributed by atoms with Crippen LogP contribution in [-0.4, -0.2) is 45.8 Å². The smallest absolute Gasteiger partial charge is 0.432 e. The molecule has 4 aliphatic rings. The van der Waals surface area contributed by atoms with Crippen molar-refractivity contribution in [1.82, 2.24) is 0 Å². The zero-order valence-corrected chi connectivity index (χ0v) is 15.4. The number of ether oxygens (including phenoxy) is 4. The number of carbonyl (C=O) groups is 1. The van der Waals surface area contributed by atoms with Gasteiger partial charge < -0.3 is 18.9 Å². The Morgan fingerprint density at radius 1 is 0.692 bits per heavy atom. The van der Waals surface area contributed by atoms with Crippen molar-refractivity contribution < 1.29 is 23.7 Å². The summed E-state index contributed by atoms with van der Waals surface area (Å²) in [7, 11) is 0. The molecule has 4 bridgehead atoms. The van der Waals surface area contributed by atoms with Gasteiger partial charge in [0.15, 0.2) is 0 Å². The minimum Gasteiger partial charge on any atom is -0.432 e. The Morgan fingerprint density at radius 2 is 1.19 bits per heavy atom. The van der Waals surface area contributed by atoms with Gasteiger partial charge in [0.2, 0.25) is 0 Å². The molecule has 0 radical (unpaired) electrons. The number of hydrogen-bond acceptors (Lipinski definition) is 5. The molecule has 5 heteroatoms. The highest BCUT2D eigenvalue weighted by molar-refractivity contribution is 5.59. The van der Waals surface area contributed by atoms with Crippen molar-refractivity contribution in [3.8, 4) is 0 Å². The van der Waals surface area contributed by atoms with E-state index in [4.69, 9.17) is 18.9 Å². The number of fused-ring (bicyclic) bond motifs is 4. The lowest BCUT2D eigenvalue weighted by atomic mass is 9.95. The van der Waals surface area contributed by atoms with Crippen molar-refractivity contribution >= 4 is 6.16 Å². The molecule has 2 saturated carbocycles. The number of hydrogen-bond donors (Lipinski definition) is 0. The van der Waals surface area contributed by atoms with Crippen LogP contribution in [0.15, 0.2) is 24.3 Å². The monoisotopic (exact) mass is 362 g/mol. The van der Waals surface area contributed by atoms with E-state index in [2.05, 4.69) is 24.3 Å². The van der Waals surface area contributed by atoms with E-state index in [1.807, 2.05) is 0 Å². The van der Waals surface area contributed by atoms with E-state index in [0.717, 1.165) is 25.0 Å². The largest absolute Gasteiger partial charge is 0.508 e. The van der Waals surface area contributed by atoms with Gasteiger partial charge in [-0.2, -0.15) is 0 Å². The SMILES string of the molecule is O=C(OCCOCC1C[C@H]2C=CC1C2)OCCOC[C@H]1CC2C=CC1C2. The van der Waals surface area contributed by atoms with Crippen molar-refractivity contribution in [2.24, 2.45) is 35.5 Å². The van der Waals surface area contributed by atoms with Crippen molar-refractivity contribution in [2.45, 2.75) is 25.7 Å². The maximum absolute atomic E-state index is 11.5. The highest BCUT2D eigenvalue weighted by Gasteiger charge is 2.36. The van der Waals surface area contributed by atoms with Crippen LogP contribution >= 0.6 is 0 Å². The lowest BCUT2D eigenvalue weighted by molar-refractivity contribution is 0.000923. The molecule has 0 aromatic rings. The number of allylic oxidation sites excluding steroid dienone is 4. The normalized spacial score (nSPS) is 36.2. The minimum absolute atomic E-state index is 0.244. The van der Waals surface area contributed by atoms with Gasteiger partial charge in [-0.3, -0.25) is 0 Å². The van der Waals surface area contributed by atoms with Crippen LogP contribution < -0.4 is 0 Å². The topological polar surface area (TPSA) is 54.0 Å². The highest BCUT2D eigenvalue weighted by atomic mass is 16.7. The molecule has 0 spiro atoms. The Balaban J connectivity index is 0.961. The van der Waals surface area contributed by atoms with Gasteiger partial charge in [0.25, 0.3) is 0 Å². The Kier molecular flexibility index (Phi) is 5.95. The molecule has 0 amide bonds. The van der Waals surface area contributed by atoms with Crippen molar-refractivity contribution in [1.29, 1.82) is 0 Å². The zero-order chi connectivity index (χ0) is 17.8. The van der Waals surface area contributed by atoms with E-state index in [0.29, 0.717) is 36.9 Å². The fraction of sp³-hybridized carbons (Fsp3) is 0.762. The first kappa shape index (κ1) is 18.1. The molecular weight excluding hydrogens is 332 g/mol. The number of rotatable bonds is 10. The molecule has 0 heterocycles. The number of carbonyl (C=O) groups excluding carboxylic acids is 1. The first-order valence-corrected chi connectivity index (χ1v) is 10.1. The molecule has 6 atom stereocenters. The van der Waals surface area contributed by atoms with Gasteiger partial charge in [0, 0.05) is 0 Å². The van der Waals surface area contributed by atoms with E-state index < -0.39 is 6.16 Å².